The van der Waals surface area contributed by atoms with Crippen molar-refractivity contribution in [2.24, 2.45) is 0 Å². The molecule has 2 amide bonds. The van der Waals surface area contributed by atoms with Crippen molar-refractivity contribution in [1.29, 1.82) is 0 Å². The van der Waals surface area contributed by atoms with Crippen molar-refractivity contribution in [3.8, 4) is 0 Å². The smallest absolute Gasteiger partial charge is 0.251 e. The highest BCUT2D eigenvalue weighted by molar-refractivity contribution is 5.94. The molecule has 0 saturated carbocycles. The number of carbonyl (C=O) groups is 2. The number of rotatable bonds is 8. The summed E-state index contributed by atoms with van der Waals surface area (Å²) in [6.07, 6.45) is 0.902. The van der Waals surface area contributed by atoms with Gasteiger partial charge in [-0.15, -0.1) is 0 Å². The highest BCUT2D eigenvalue weighted by atomic mass is 16.2. The van der Waals surface area contributed by atoms with Gasteiger partial charge in [-0.05, 0) is 51.5 Å². The summed E-state index contributed by atoms with van der Waals surface area (Å²) < 4.78 is 0. The van der Waals surface area contributed by atoms with Gasteiger partial charge < -0.3 is 15.5 Å². The van der Waals surface area contributed by atoms with Gasteiger partial charge in [0.05, 0.1) is 6.54 Å². The minimum atomic E-state index is -0.0693. The molecule has 5 nitrogen and oxygen atoms in total. The number of amides is 2. The third-order valence-corrected chi connectivity index (χ3v) is 3.70. The first-order chi connectivity index (χ1) is 10.5. The first-order valence-electron chi connectivity index (χ1n) is 7.94. The highest BCUT2D eigenvalue weighted by Crippen LogP contribution is 2.10. The van der Waals surface area contributed by atoms with Gasteiger partial charge in [-0.1, -0.05) is 6.92 Å². The van der Waals surface area contributed by atoms with Gasteiger partial charge >= 0.3 is 0 Å². The van der Waals surface area contributed by atoms with E-state index in [1.54, 1.807) is 17.0 Å². The zero-order valence-corrected chi connectivity index (χ0v) is 14.0. The number of hydrogen-bond acceptors (Lipinski definition) is 3. The van der Waals surface area contributed by atoms with Crippen molar-refractivity contribution in [2.45, 2.75) is 40.2 Å². The lowest BCUT2D eigenvalue weighted by Gasteiger charge is -2.19. The van der Waals surface area contributed by atoms with Gasteiger partial charge in [0.25, 0.3) is 5.91 Å². The van der Waals surface area contributed by atoms with E-state index in [2.05, 4.69) is 10.6 Å². The number of likely N-dealkylation sites (N-methyl/N-ethyl adjacent to an activating group) is 1. The average Bonchev–Trinajstić information content (AvgIpc) is 2.54. The van der Waals surface area contributed by atoms with Crippen molar-refractivity contribution in [1.82, 2.24) is 10.2 Å². The molecule has 22 heavy (non-hydrogen) atoms. The normalized spacial score (nSPS) is 11.6. The number of carbonyl (C=O) groups excluding carboxylic acids is 2. The first kappa shape index (κ1) is 18.0. The van der Waals surface area contributed by atoms with Crippen LogP contribution in [0.15, 0.2) is 24.3 Å². The van der Waals surface area contributed by atoms with Gasteiger partial charge in [0.1, 0.15) is 0 Å². The Morgan fingerprint density at radius 1 is 1.09 bits per heavy atom. The van der Waals surface area contributed by atoms with Crippen LogP contribution in [-0.4, -0.2) is 42.4 Å². The summed E-state index contributed by atoms with van der Waals surface area (Å²) in [7, 11) is 0. The van der Waals surface area contributed by atoms with Crippen LogP contribution < -0.4 is 10.6 Å². The molecule has 5 heteroatoms. The second-order valence-corrected chi connectivity index (χ2v) is 5.28. The molecule has 2 N–H and O–H groups in total. The van der Waals surface area contributed by atoms with E-state index in [0.29, 0.717) is 18.7 Å². The molecule has 1 unspecified atom stereocenters. The largest absolute Gasteiger partial charge is 0.376 e. The van der Waals surface area contributed by atoms with Gasteiger partial charge in [0.15, 0.2) is 0 Å². The van der Waals surface area contributed by atoms with Crippen molar-refractivity contribution in [3.63, 3.8) is 0 Å². The van der Waals surface area contributed by atoms with Crippen LogP contribution in [-0.2, 0) is 4.79 Å². The molecule has 0 bridgehead atoms. The summed E-state index contributed by atoms with van der Waals surface area (Å²) >= 11 is 0. The lowest BCUT2D eigenvalue weighted by Crippen LogP contribution is -2.35. The Morgan fingerprint density at radius 2 is 1.68 bits per heavy atom. The van der Waals surface area contributed by atoms with E-state index in [0.717, 1.165) is 12.1 Å². The van der Waals surface area contributed by atoms with Gasteiger partial charge in [-0.25, -0.2) is 0 Å². The van der Waals surface area contributed by atoms with E-state index in [-0.39, 0.29) is 24.4 Å². The van der Waals surface area contributed by atoms with Gasteiger partial charge in [-0.2, -0.15) is 0 Å². The first-order valence-corrected chi connectivity index (χ1v) is 7.94. The Morgan fingerprint density at radius 3 is 2.18 bits per heavy atom. The van der Waals surface area contributed by atoms with Gasteiger partial charge in [0.2, 0.25) is 5.91 Å². The van der Waals surface area contributed by atoms with E-state index in [4.69, 9.17) is 0 Å². The van der Waals surface area contributed by atoms with Crippen LogP contribution >= 0.6 is 0 Å². The van der Waals surface area contributed by atoms with Crippen molar-refractivity contribution in [2.75, 3.05) is 25.0 Å². The Labute approximate surface area is 133 Å². The molecule has 0 aliphatic rings. The predicted octanol–water partition coefficient (Wildman–Crippen LogP) is 2.50. The Balaban J connectivity index is 2.55. The van der Waals surface area contributed by atoms with Gasteiger partial charge in [0, 0.05) is 30.4 Å². The number of nitrogens with one attached hydrogen (secondary N) is 2. The fourth-order valence-electron chi connectivity index (χ4n) is 2.01. The molecule has 1 atom stereocenters. The average molecular weight is 305 g/mol. The summed E-state index contributed by atoms with van der Waals surface area (Å²) in [6.45, 7) is 9.63. The third-order valence-electron chi connectivity index (χ3n) is 3.70. The summed E-state index contributed by atoms with van der Waals surface area (Å²) in [4.78, 5) is 25.7. The third kappa shape index (κ3) is 5.39. The van der Waals surface area contributed by atoms with E-state index < -0.39 is 0 Å². The summed E-state index contributed by atoms with van der Waals surface area (Å²) in [6, 6.07) is 7.34. The second-order valence-electron chi connectivity index (χ2n) is 5.28. The maximum Gasteiger partial charge on any atom is 0.251 e. The maximum absolute atomic E-state index is 12.0. The zero-order valence-electron chi connectivity index (χ0n) is 14.0. The quantitative estimate of drug-likeness (QED) is 0.775. The van der Waals surface area contributed by atoms with Crippen LogP contribution in [0.2, 0.25) is 0 Å². The highest BCUT2D eigenvalue weighted by Gasteiger charge is 2.10. The lowest BCUT2D eigenvalue weighted by atomic mass is 10.1. The van der Waals surface area contributed by atoms with Crippen LogP contribution in [0.5, 0.6) is 0 Å². The zero-order chi connectivity index (χ0) is 16.5. The van der Waals surface area contributed by atoms with Crippen LogP contribution in [0.4, 0.5) is 5.69 Å². The number of benzene rings is 1. The van der Waals surface area contributed by atoms with Gasteiger partial charge in [-0.3, -0.25) is 9.59 Å². The molecular weight excluding hydrogens is 278 g/mol. The number of hydrogen-bond donors (Lipinski definition) is 2. The molecule has 122 valence electrons. The molecule has 0 radical (unpaired) electrons. The van der Waals surface area contributed by atoms with Crippen molar-refractivity contribution in [3.05, 3.63) is 29.8 Å². The SMILES string of the molecule is CCC(C)NC(=O)c1ccc(NCC(=O)N(CC)CC)cc1. The second kappa shape index (κ2) is 9.07. The van der Waals surface area contributed by atoms with E-state index in [1.165, 1.54) is 0 Å². The Bertz CT molecular complexity index is 481. The van der Waals surface area contributed by atoms with E-state index in [9.17, 15) is 9.59 Å². The minimum absolute atomic E-state index is 0.0693. The molecule has 0 aliphatic carbocycles. The number of nitrogens with zero attached hydrogens (tertiary/aromatic N) is 1. The lowest BCUT2D eigenvalue weighted by molar-refractivity contribution is -0.128. The molecular formula is C17H27N3O2. The van der Waals surface area contributed by atoms with Crippen LogP contribution in [0.25, 0.3) is 0 Å². The van der Waals surface area contributed by atoms with Crippen molar-refractivity contribution < 1.29 is 9.59 Å². The van der Waals surface area contributed by atoms with Crippen molar-refractivity contribution >= 4 is 17.5 Å². The summed E-state index contributed by atoms with van der Waals surface area (Å²) in [5.74, 6) is 0.00343. The molecule has 0 aliphatic heterocycles. The molecule has 0 spiro atoms. The minimum Gasteiger partial charge on any atom is -0.376 e. The molecule has 1 rings (SSSR count). The predicted molar refractivity (Wildman–Crippen MR) is 90.1 cm³/mol. The fraction of sp³-hybridized carbons (Fsp3) is 0.529. The topological polar surface area (TPSA) is 61.4 Å². The maximum atomic E-state index is 12.0. The summed E-state index contributed by atoms with van der Waals surface area (Å²) in [5.41, 5.74) is 1.46. The molecule has 1 aromatic carbocycles. The molecule has 0 heterocycles. The van der Waals surface area contributed by atoms with Crippen LogP contribution in [0.3, 0.4) is 0 Å². The van der Waals surface area contributed by atoms with E-state index in [1.807, 2.05) is 39.8 Å². The fourth-order valence-corrected chi connectivity index (χ4v) is 2.01. The van der Waals surface area contributed by atoms with Crippen LogP contribution in [0, 0.1) is 0 Å². The summed E-state index contributed by atoms with van der Waals surface area (Å²) in [5, 5.41) is 6.01. The standard InChI is InChI=1S/C17H27N3O2/c1-5-13(4)19-17(22)14-8-10-15(11-9-14)18-12-16(21)20(6-2)7-3/h8-11,13,18H,5-7,12H2,1-4H3,(H,19,22). The molecule has 0 saturated heterocycles. The monoisotopic (exact) mass is 305 g/mol. The molecule has 0 fully saturated rings. The molecule has 1 aromatic rings. The Hall–Kier alpha value is -2.04. The molecule has 0 aromatic heterocycles. The van der Waals surface area contributed by atoms with Crippen LogP contribution in [0.1, 0.15) is 44.5 Å². The number of anilines is 1. The Kier molecular flexibility index (Phi) is 7.43. The van der Waals surface area contributed by atoms with E-state index >= 15 is 0 Å².